The normalized spacial score (nSPS) is 15.1. The van der Waals surface area contributed by atoms with Crippen LogP contribution in [0.15, 0.2) is 70.2 Å². The largest absolute Gasteiger partial charge is 0.478 e. The number of carbonyl (C=O) groups is 2. The van der Waals surface area contributed by atoms with Crippen LogP contribution in [0.1, 0.15) is 93.5 Å². The summed E-state index contributed by atoms with van der Waals surface area (Å²) in [5.74, 6) is 1.40. The summed E-state index contributed by atoms with van der Waals surface area (Å²) in [7, 11) is 0. The number of carboxylic acid groups (broad SMARTS) is 1. The van der Waals surface area contributed by atoms with Crippen molar-refractivity contribution in [2.24, 2.45) is 5.73 Å². The molecule has 8 rings (SSSR count). The second-order valence-corrected chi connectivity index (χ2v) is 13.0. The maximum absolute atomic E-state index is 12.5. The number of carbonyl (C=O) groups excluding carboxylic acids is 1. The van der Waals surface area contributed by atoms with Gasteiger partial charge in [-0.2, -0.15) is 20.2 Å². The van der Waals surface area contributed by atoms with E-state index in [2.05, 4.69) is 54.0 Å². The molecule has 4 aromatic heterocycles. The molecule has 1 amide bonds. The SMILES string of the molecule is CCc1nc(-c2ccc3c(c2)CC[C@H]3N)no1.CCc1nc(-c2ccc3c(c2)CC[C@H]3NC(=O)c2cnn(CCO)c2)no1.Cl.O=C(O)c1cnn(CCO)c1. The minimum absolute atomic E-state index is 0. The summed E-state index contributed by atoms with van der Waals surface area (Å²) in [6.45, 7) is 4.62. The van der Waals surface area contributed by atoms with Gasteiger partial charge in [0.05, 0.1) is 55.9 Å². The van der Waals surface area contributed by atoms with E-state index in [-0.39, 0.29) is 49.2 Å². The zero-order valence-electron chi connectivity index (χ0n) is 31.0. The van der Waals surface area contributed by atoms with Gasteiger partial charge in [0.2, 0.25) is 23.4 Å². The molecular formula is C38H45ClN10O7. The second kappa shape index (κ2) is 19.2. The molecule has 0 spiro atoms. The van der Waals surface area contributed by atoms with E-state index in [4.69, 9.17) is 30.1 Å². The lowest BCUT2D eigenvalue weighted by Gasteiger charge is -2.13. The van der Waals surface area contributed by atoms with Crippen molar-refractivity contribution in [1.29, 1.82) is 0 Å². The zero-order valence-corrected chi connectivity index (χ0v) is 31.9. The number of rotatable bonds is 11. The summed E-state index contributed by atoms with van der Waals surface area (Å²) >= 11 is 0. The number of fused-ring (bicyclic) bond motifs is 2. The van der Waals surface area contributed by atoms with Gasteiger partial charge in [0.1, 0.15) is 0 Å². The Kier molecular flexibility index (Phi) is 14.2. The highest BCUT2D eigenvalue weighted by atomic mass is 35.5. The number of nitrogens with zero attached hydrogens (tertiary/aromatic N) is 8. The lowest BCUT2D eigenvalue weighted by Crippen LogP contribution is -2.26. The van der Waals surface area contributed by atoms with Crippen molar-refractivity contribution in [3.8, 4) is 22.8 Å². The maximum atomic E-state index is 12.5. The molecule has 0 radical (unpaired) electrons. The third-order valence-corrected chi connectivity index (χ3v) is 9.28. The maximum Gasteiger partial charge on any atom is 0.338 e. The van der Waals surface area contributed by atoms with Gasteiger partial charge >= 0.3 is 5.97 Å². The number of nitrogens with one attached hydrogen (secondary N) is 1. The van der Waals surface area contributed by atoms with Gasteiger partial charge in [-0.3, -0.25) is 14.2 Å². The van der Waals surface area contributed by atoms with Crippen molar-refractivity contribution in [3.05, 3.63) is 106 Å². The Morgan fingerprint density at radius 3 is 1.84 bits per heavy atom. The van der Waals surface area contributed by atoms with Gasteiger partial charge in [0, 0.05) is 42.4 Å². The molecule has 6 N–H and O–H groups in total. The van der Waals surface area contributed by atoms with E-state index >= 15 is 0 Å². The fourth-order valence-corrected chi connectivity index (χ4v) is 6.37. The Labute approximate surface area is 328 Å². The Bertz CT molecular complexity index is 2230. The van der Waals surface area contributed by atoms with Gasteiger partial charge in [-0.15, -0.1) is 12.4 Å². The number of amides is 1. The second-order valence-electron chi connectivity index (χ2n) is 13.0. The number of aromatic carboxylic acids is 1. The van der Waals surface area contributed by atoms with Crippen molar-refractivity contribution in [2.45, 2.75) is 77.5 Å². The molecule has 0 saturated heterocycles. The monoisotopic (exact) mass is 788 g/mol. The Balaban J connectivity index is 0.000000177. The van der Waals surface area contributed by atoms with Crippen LogP contribution in [0.25, 0.3) is 22.8 Å². The van der Waals surface area contributed by atoms with Crippen molar-refractivity contribution in [2.75, 3.05) is 13.2 Å². The van der Waals surface area contributed by atoms with Gasteiger partial charge in [-0.25, -0.2) is 4.79 Å². The van der Waals surface area contributed by atoms with Crippen molar-refractivity contribution in [3.63, 3.8) is 0 Å². The number of nitrogens with two attached hydrogens (primary N) is 1. The predicted molar refractivity (Wildman–Crippen MR) is 205 cm³/mol. The first-order valence-electron chi connectivity index (χ1n) is 18.2. The molecule has 0 bridgehead atoms. The molecule has 296 valence electrons. The number of hydrogen-bond donors (Lipinski definition) is 5. The van der Waals surface area contributed by atoms with E-state index in [9.17, 15) is 9.59 Å². The van der Waals surface area contributed by atoms with E-state index in [0.717, 1.165) is 48.8 Å². The van der Waals surface area contributed by atoms with Crippen LogP contribution in [-0.2, 0) is 38.8 Å². The highest BCUT2D eigenvalue weighted by Crippen LogP contribution is 2.34. The molecule has 0 fully saturated rings. The summed E-state index contributed by atoms with van der Waals surface area (Å²) < 4.78 is 13.2. The van der Waals surface area contributed by atoms with Gasteiger partial charge in [-0.05, 0) is 60.1 Å². The smallest absolute Gasteiger partial charge is 0.338 e. The number of aliphatic hydroxyl groups is 2. The highest BCUT2D eigenvalue weighted by Gasteiger charge is 2.26. The summed E-state index contributed by atoms with van der Waals surface area (Å²) in [6.07, 6.45) is 11.1. The Hall–Kier alpha value is -5.75. The molecule has 2 atom stereocenters. The molecule has 4 heterocycles. The number of benzene rings is 2. The number of carboxylic acids is 1. The van der Waals surface area contributed by atoms with Crippen LogP contribution >= 0.6 is 12.4 Å². The summed E-state index contributed by atoms with van der Waals surface area (Å²) in [5, 5.41) is 44.7. The van der Waals surface area contributed by atoms with Crippen LogP contribution in [-0.4, -0.2) is 80.3 Å². The molecule has 0 aliphatic heterocycles. The van der Waals surface area contributed by atoms with Gasteiger partial charge in [0.25, 0.3) is 5.91 Å². The average molecular weight is 789 g/mol. The van der Waals surface area contributed by atoms with Gasteiger partial charge < -0.3 is 35.4 Å². The summed E-state index contributed by atoms with van der Waals surface area (Å²) in [5.41, 5.74) is 13.5. The van der Waals surface area contributed by atoms with E-state index in [1.54, 1.807) is 10.9 Å². The molecule has 17 nitrogen and oxygen atoms in total. The first kappa shape index (κ1) is 41.4. The third kappa shape index (κ3) is 9.91. The fraction of sp³-hybridized carbons (Fsp3) is 0.368. The van der Waals surface area contributed by atoms with Crippen molar-refractivity contribution < 1.29 is 34.0 Å². The number of aromatic nitrogens is 8. The molecule has 0 unspecified atom stereocenters. The van der Waals surface area contributed by atoms with Crippen LogP contribution in [0.2, 0.25) is 0 Å². The van der Waals surface area contributed by atoms with E-state index in [1.807, 2.05) is 32.0 Å². The van der Waals surface area contributed by atoms with Crippen LogP contribution in [0.5, 0.6) is 0 Å². The molecular weight excluding hydrogens is 744 g/mol. The molecule has 18 heteroatoms. The van der Waals surface area contributed by atoms with Gasteiger partial charge in [0.15, 0.2) is 0 Å². The topological polar surface area (TPSA) is 246 Å². The molecule has 56 heavy (non-hydrogen) atoms. The number of halogens is 1. The average Bonchev–Trinajstić information content (AvgIpc) is 4.05. The van der Waals surface area contributed by atoms with E-state index < -0.39 is 5.97 Å². The van der Waals surface area contributed by atoms with Crippen LogP contribution in [0.3, 0.4) is 0 Å². The first-order chi connectivity index (χ1) is 26.7. The van der Waals surface area contributed by atoms with E-state index in [0.29, 0.717) is 48.5 Å². The molecule has 2 aliphatic rings. The Morgan fingerprint density at radius 2 is 1.32 bits per heavy atom. The Morgan fingerprint density at radius 1 is 0.804 bits per heavy atom. The fourth-order valence-electron chi connectivity index (χ4n) is 6.37. The van der Waals surface area contributed by atoms with Gasteiger partial charge in [-0.1, -0.05) is 48.4 Å². The summed E-state index contributed by atoms with van der Waals surface area (Å²) in [6, 6.07) is 12.5. The lowest BCUT2D eigenvalue weighted by atomic mass is 10.0. The molecule has 6 aromatic rings. The van der Waals surface area contributed by atoms with Crippen LogP contribution in [0, 0.1) is 0 Å². The number of aryl methyl sites for hydroxylation is 4. The molecule has 2 aromatic carbocycles. The van der Waals surface area contributed by atoms with Crippen LogP contribution < -0.4 is 11.1 Å². The minimum Gasteiger partial charge on any atom is -0.478 e. The van der Waals surface area contributed by atoms with Crippen molar-refractivity contribution in [1.82, 2.24) is 45.2 Å². The highest BCUT2D eigenvalue weighted by molar-refractivity contribution is 5.94. The number of hydrogen-bond acceptors (Lipinski definition) is 13. The summed E-state index contributed by atoms with van der Waals surface area (Å²) in [4.78, 5) is 31.5. The van der Waals surface area contributed by atoms with Crippen molar-refractivity contribution >= 4 is 24.3 Å². The standard InChI is InChI=1S/C19H21N5O3.C13H15N3O.C6H8N2O3.ClH/c1-2-17-22-18(23-27-17)13-3-5-15-12(9-13)4-6-16(15)21-19(26)14-10-20-24(11-14)7-8-25;1-2-12-15-13(16-17-12)9-3-5-10-8(7-9)4-6-11(10)14;9-2-1-8-4-5(3-7-8)6(10)11;/h3,5,9-11,16,25H,2,4,6-8H2,1H3,(H,21,26);3,5,7,11H,2,4,6,14H2,1H3;3-4,9H,1-2H2,(H,10,11);1H/t16-;11-;;/m11../s1. The quantitative estimate of drug-likeness (QED) is 0.124. The molecule has 2 aliphatic carbocycles. The first-order valence-corrected chi connectivity index (χ1v) is 18.2. The lowest BCUT2D eigenvalue weighted by molar-refractivity contribution is 0.0696. The third-order valence-electron chi connectivity index (χ3n) is 9.28. The predicted octanol–water partition coefficient (Wildman–Crippen LogP) is 4.15. The van der Waals surface area contributed by atoms with Crippen LogP contribution in [0.4, 0.5) is 0 Å². The van der Waals surface area contributed by atoms with E-state index in [1.165, 1.54) is 40.0 Å². The molecule has 0 saturated carbocycles. The zero-order chi connectivity index (χ0) is 38.9. The minimum atomic E-state index is -1.01. The number of aliphatic hydroxyl groups excluding tert-OH is 2.